The Morgan fingerprint density at radius 3 is 2.41 bits per heavy atom. The van der Waals surface area contributed by atoms with E-state index in [4.69, 9.17) is 0 Å². The molecule has 0 radical (unpaired) electrons. The first-order valence-corrected chi connectivity index (χ1v) is 12.8. The molecule has 3 aromatic carbocycles. The van der Waals surface area contributed by atoms with Crippen LogP contribution < -0.4 is 5.32 Å². The predicted octanol–water partition coefficient (Wildman–Crippen LogP) is 5.56. The Morgan fingerprint density at radius 2 is 1.65 bits per heavy atom. The third-order valence-corrected chi connectivity index (χ3v) is 6.77. The van der Waals surface area contributed by atoms with E-state index in [1.807, 2.05) is 66.9 Å². The fraction of sp³-hybridized carbons (Fsp3) is 0.167. The SMILES string of the molecule is CCCN(C(=O)NC(Cc1csc2ccccc12)C(=O)O)C(=O)c1cccc(C#Cc2ccccc2)c1. The van der Waals surface area contributed by atoms with Crippen LogP contribution in [0.25, 0.3) is 10.1 Å². The number of carbonyl (C=O) groups is 3. The Kier molecular flexibility index (Phi) is 8.34. The summed E-state index contributed by atoms with van der Waals surface area (Å²) in [6.45, 7) is 2.00. The van der Waals surface area contributed by atoms with E-state index in [-0.39, 0.29) is 13.0 Å². The second kappa shape index (κ2) is 12.0. The first kappa shape index (κ1) is 25.7. The molecule has 1 aromatic heterocycles. The van der Waals surface area contributed by atoms with Gasteiger partial charge in [-0.25, -0.2) is 9.59 Å². The molecule has 37 heavy (non-hydrogen) atoms. The fourth-order valence-electron chi connectivity index (χ4n) is 3.91. The van der Waals surface area contributed by atoms with Crippen LogP contribution in [-0.4, -0.2) is 40.5 Å². The van der Waals surface area contributed by atoms with Gasteiger partial charge in [-0.05, 0) is 59.1 Å². The van der Waals surface area contributed by atoms with Gasteiger partial charge in [-0.1, -0.05) is 61.2 Å². The summed E-state index contributed by atoms with van der Waals surface area (Å²) in [6.07, 6.45) is 0.642. The normalized spacial score (nSPS) is 11.3. The minimum absolute atomic E-state index is 0.115. The minimum atomic E-state index is -1.18. The topological polar surface area (TPSA) is 86.7 Å². The van der Waals surface area contributed by atoms with Gasteiger partial charge in [-0.3, -0.25) is 9.69 Å². The molecule has 2 N–H and O–H groups in total. The molecule has 0 bridgehead atoms. The molecule has 0 aliphatic carbocycles. The second-order valence-electron chi connectivity index (χ2n) is 8.46. The van der Waals surface area contributed by atoms with E-state index in [9.17, 15) is 19.5 Å². The number of carbonyl (C=O) groups excluding carboxylic acids is 2. The number of urea groups is 1. The van der Waals surface area contributed by atoms with Crippen molar-refractivity contribution in [1.29, 1.82) is 0 Å². The second-order valence-corrected chi connectivity index (χ2v) is 9.37. The number of thiophene rings is 1. The molecule has 0 aliphatic rings. The number of hydrogen-bond acceptors (Lipinski definition) is 4. The molecule has 0 fully saturated rings. The van der Waals surface area contributed by atoms with Crippen molar-refractivity contribution in [3.63, 3.8) is 0 Å². The van der Waals surface area contributed by atoms with Crippen molar-refractivity contribution in [2.75, 3.05) is 6.54 Å². The van der Waals surface area contributed by atoms with Crippen molar-refractivity contribution in [3.05, 3.63) is 106 Å². The van der Waals surface area contributed by atoms with Crippen molar-refractivity contribution in [3.8, 4) is 11.8 Å². The Hall–Kier alpha value is -4.41. The molecule has 0 aliphatic heterocycles. The first-order chi connectivity index (χ1) is 18.0. The van der Waals surface area contributed by atoms with Gasteiger partial charge in [0.05, 0.1) is 0 Å². The number of rotatable bonds is 7. The number of nitrogens with zero attached hydrogens (tertiary/aromatic N) is 1. The van der Waals surface area contributed by atoms with Crippen LogP contribution in [0.15, 0.2) is 84.2 Å². The number of amides is 3. The predicted molar refractivity (Wildman–Crippen MR) is 146 cm³/mol. The number of fused-ring (bicyclic) bond motifs is 1. The van der Waals surface area contributed by atoms with E-state index in [1.54, 1.807) is 24.3 Å². The molecule has 4 rings (SSSR count). The summed E-state index contributed by atoms with van der Waals surface area (Å²) in [5.41, 5.74) is 2.63. The van der Waals surface area contributed by atoms with E-state index in [0.717, 1.165) is 26.1 Å². The van der Waals surface area contributed by atoms with Gasteiger partial charge in [-0.15, -0.1) is 11.3 Å². The molecule has 1 atom stereocenters. The summed E-state index contributed by atoms with van der Waals surface area (Å²) in [5, 5.41) is 15.2. The number of carboxylic acids is 1. The van der Waals surface area contributed by atoms with Crippen LogP contribution in [0.1, 0.15) is 40.4 Å². The van der Waals surface area contributed by atoms with Crippen LogP contribution in [0.4, 0.5) is 4.79 Å². The lowest BCUT2D eigenvalue weighted by molar-refractivity contribution is -0.139. The van der Waals surface area contributed by atoms with Crippen molar-refractivity contribution < 1.29 is 19.5 Å². The minimum Gasteiger partial charge on any atom is -0.480 e. The zero-order valence-electron chi connectivity index (χ0n) is 20.3. The molecule has 1 heterocycles. The number of hydrogen-bond donors (Lipinski definition) is 2. The monoisotopic (exact) mass is 510 g/mol. The smallest absolute Gasteiger partial charge is 0.326 e. The summed E-state index contributed by atoms with van der Waals surface area (Å²) in [6, 6.07) is 22.1. The number of carboxylic acid groups (broad SMARTS) is 1. The summed E-state index contributed by atoms with van der Waals surface area (Å²) in [4.78, 5) is 39.6. The van der Waals surface area contributed by atoms with Gasteiger partial charge < -0.3 is 10.4 Å². The average molecular weight is 511 g/mol. The van der Waals surface area contributed by atoms with Gasteiger partial charge >= 0.3 is 12.0 Å². The third kappa shape index (κ3) is 6.43. The molecular formula is C30H26N2O4S. The standard InChI is InChI=1S/C30H26N2O4S/c1-2-17-32(28(33)23-12-8-11-22(18-23)16-15-21-9-4-3-5-10-21)30(36)31-26(29(34)35)19-24-20-37-27-14-7-6-13-25(24)27/h3-14,18,20,26H,2,17,19H2,1H3,(H,31,36)(H,34,35). The molecule has 1 unspecified atom stereocenters. The Bertz CT molecular complexity index is 1480. The maximum absolute atomic E-state index is 13.3. The van der Waals surface area contributed by atoms with Crippen molar-refractivity contribution >= 4 is 39.3 Å². The van der Waals surface area contributed by atoms with E-state index >= 15 is 0 Å². The molecule has 4 aromatic rings. The molecule has 186 valence electrons. The Morgan fingerprint density at radius 1 is 0.946 bits per heavy atom. The number of aliphatic carboxylic acids is 1. The lowest BCUT2D eigenvalue weighted by Crippen LogP contribution is -2.51. The van der Waals surface area contributed by atoms with Gasteiger partial charge in [0.15, 0.2) is 0 Å². The van der Waals surface area contributed by atoms with Crippen LogP contribution in [0, 0.1) is 11.8 Å². The Labute approximate surface area is 219 Å². The van der Waals surface area contributed by atoms with Gasteiger partial charge in [0.2, 0.25) is 0 Å². The highest BCUT2D eigenvalue weighted by Gasteiger charge is 2.28. The Balaban J connectivity index is 1.52. The van der Waals surface area contributed by atoms with E-state index < -0.39 is 23.9 Å². The highest BCUT2D eigenvalue weighted by Crippen LogP contribution is 2.26. The van der Waals surface area contributed by atoms with Gasteiger partial charge in [0.1, 0.15) is 6.04 Å². The third-order valence-electron chi connectivity index (χ3n) is 5.75. The van der Waals surface area contributed by atoms with Crippen molar-refractivity contribution in [2.45, 2.75) is 25.8 Å². The molecule has 0 saturated carbocycles. The van der Waals surface area contributed by atoms with E-state index in [2.05, 4.69) is 17.2 Å². The van der Waals surface area contributed by atoms with Crippen molar-refractivity contribution in [2.24, 2.45) is 0 Å². The summed E-state index contributed by atoms with van der Waals surface area (Å²) in [7, 11) is 0. The molecule has 0 saturated heterocycles. The lowest BCUT2D eigenvalue weighted by atomic mass is 10.1. The molecule has 0 spiro atoms. The van der Waals surface area contributed by atoms with Gasteiger partial charge in [0.25, 0.3) is 5.91 Å². The lowest BCUT2D eigenvalue weighted by Gasteiger charge is -2.23. The molecule has 6 nitrogen and oxygen atoms in total. The van der Waals surface area contributed by atoms with Crippen LogP contribution in [0.2, 0.25) is 0 Å². The first-order valence-electron chi connectivity index (χ1n) is 11.9. The number of benzene rings is 3. The average Bonchev–Trinajstić information content (AvgIpc) is 3.33. The van der Waals surface area contributed by atoms with Gasteiger partial charge in [-0.2, -0.15) is 0 Å². The highest BCUT2D eigenvalue weighted by molar-refractivity contribution is 7.17. The summed E-state index contributed by atoms with van der Waals surface area (Å²) in [5.74, 6) is 4.43. The highest BCUT2D eigenvalue weighted by atomic mass is 32.1. The summed E-state index contributed by atoms with van der Waals surface area (Å²) < 4.78 is 1.05. The quantitative estimate of drug-likeness (QED) is 0.319. The maximum Gasteiger partial charge on any atom is 0.326 e. The largest absolute Gasteiger partial charge is 0.480 e. The molecule has 7 heteroatoms. The number of imide groups is 1. The van der Waals surface area contributed by atoms with E-state index in [0.29, 0.717) is 17.5 Å². The van der Waals surface area contributed by atoms with Crippen LogP contribution in [0.5, 0.6) is 0 Å². The number of nitrogens with one attached hydrogen (secondary N) is 1. The van der Waals surface area contributed by atoms with Crippen LogP contribution >= 0.6 is 11.3 Å². The summed E-state index contributed by atoms with van der Waals surface area (Å²) >= 11 is 1.53. The van der Waals surface area contributed by atoms with E-state index in [1.165, 1.54) is 11.3 Å². The zero-order chi connectivity index (χ0) is 26.2. The van der Waals surface area contributed by atoms with Crippen molar-refractivity contribution in [1.82, 2.24) is 10.2 Å². The fourth-order valence-corrected chi connectivity index (χ4v) is 4.88. The zero-order valence-corrected chi connectivity index (χ0v) is 21.1. The van der Waals surface area contributed by atoms with Crippen LogP contribution in [0.3, 0.4) is 0 Å². The van der Waals surface area contributed by atoms with Crippen LogP contribution in [-0.2, 0) is 11.2 Å². The maximum atomic E-state index is 13.3. The molecule has 3 amide bonds. The molecular weight excluding hydrogens is 484 g/mol. The van der Waals surface area contributed by atoms with Gasteiger partial charge in [0, 0.05) is 34.4 Å².